The molecule has 0 aliphatic carbocycles. The number of piperidine rings is 1. The molecule has 29 heavy (non-hydrogen) atoms. The van der Waals surface area contributed by atoms with Crippen LogP contribution in [0.4, 0.5) is 9.59 Å². The highest BCUT2D eigenvalue weighted by molar-refractivity contribution is 6.30. The van der Waals surface area contributed by atoms with E-state index in [1.165, 1.54) is 15.4 Å². The molecule has 3 atom stereocenters. The van der Waals surface area contributed by atoms with Gasteiger partial charge in [0.25, 0.3) is 5.91 Å². The Morgan fingerprint density at radius 1 is 1.21 bits per heavy atom. The Morgan fingerprint density at radius 3 is 2.66 bits per heavy atom. The number of piperazine rings is 1. The van der Waals surface area contributed by atoms with Crippen LogP contribution in [0.3, 0.4) is 0 Å². The number of hydrogen-bond acceptors (Lipinski definition) is 4. The Hall–Kier alpha value is -2.32. The molecule has 3 saturated heterocycles. The Balaban J connectivity index is 1.48. The van der Waals surface area contributed by atoms with Gasteiger partial charge in [-0.3, -0.25) is 9.69 Å². The second-order valence-corrected chi connectivity index (χ2v) is 8.35. The Bertz CT molecular complexity index is 778. The van der Waals surface area contributed by atoms with Gasteiger partial charge in [0.2, 0.25) is 0 Å². The Kier molecular flexibility index (Phi) is 5.65. The maximum Gasteiger partial charge on any atom is 0.408 e. The smallest absolute Gasteiger partial charge is 0.408 e. The second-order valence-electron chi connectivity index (χ2n) is 7.92. The minimum Gasteiger partial charge on any atom is -0.465 e. The minimum atomic E-state index is -1.09. The van der Waals surface area contributed by atoms with Crippen LogP contribution in [0.25, 0.3) is 0 Å². The first kappa shape index (κ1) is 20.0. The van der Waals surface area contributed by atoms with Crippen LogP contribution in [-0.2, 0) is 11.2 Å². The first-order chi connectivity index (χ1) is 14.0. The molecule has 0 saturated carbocycles. The van der Waals surface area contributed by atoms with Crippen LogP contribution in [0.5, 0.6) is 0 Å². The number of halogens is 1. The van der Waals surface area contributed by atoms with E-state index in [4.69, 9.17) is 11.6 Å². The summed E-state index contributed by atoms with van der Waals surface area (Å²) in [5, 5.41) is 13.5. The molecule has 3 aliphatic heterocycles. The third-order valence-corrected chi connectivity index (χ3v) is 6.45. The number of carbonyl (C=O) groups is 3. The average molecular weight is 421 g/mol. The molecule has 2 N–H and O–H groups in total. The van der Waals surface area contributed by atoms with Gasteiger partial charge in [0, 0.05) is 31.2 Å². The standard InChI is InChI=1S/C20H25ClN4O4/c21-15-5-3-13(4-6-15)1-2-14-7-9-24(20(28)29)17(11-14)25-18(26)16-12-22-8-10-23(16)19(25)27/h3-6,14,16-17,22H,1-2,7-12H2,(H,28,29). The largest absolute Gasteiger partial charge is 0.465 e. The van der Waals surface area contributed by atoms with Crippen LogP contribution < -0.4 is 5.32 Å². The summed E-state index contributed by atoms with van der Waals surface area (Å²) in [5.74, 6) is -0.0561. The normalized spacial score (nSPS) is 27.3. The lowest BCUT2D eigenvalue weighted by Crippen LogP contribution is -2.57. The van der Waals surface area contributed by atoms with Crippen molar-refractivity contribution in [3.8, 4) is 0 Å². The lowest BCUT2D eigenvalue weighted by atomic mass is 9.88. The highest BCUT2D eigenvalue weighted by Gasteiger charge is 2.51. The van der Waals surface area contributed by atoms with Gasteiger partial charge < -0.3 is 15.3 Å². The number of urea groups is 1. The van der Waals surface area contributed by atoms with E-state index in [-0.39, 0.29) is 17.9 Å². The summed E-state index contributed by atoms with van der Waals surface area (Å²) >= 11 is 5.94. The van der Waals surface area contributed by atoms with Gasteiger partial charge in [-0.05, 0) is 49.3 Å². The summed E-state index contributed by atoms with van der Waals surface area (Å²) < 4.78 is 0. The molecule has 3 fully saturated rings. The predicted molar refractivity (Wildman–Crippen MR) is 107 cm³/mol. The van der Waals surface area contributed by atoms with Gasteiger partial charge in [-0.2, -0.15) is 0 Å². The van der Waals surface area contributed by atoms with E-state index in [2.05, 4.69) is 5.32 Å². The van der Waals surface area contributed by atoms with Gasteiger partial charge in [0.05, 0.1) is 0 Å². The number of imide groups is 1. The third kappa shape index (κ3) is 3.91. The number of hydrogen-bond donors (Lipinski definition) is 2. The van der Waals surface area contributed by atoms with Gasteiger partial charge >= 0.3 is 12.1 Å². The molecule has 156 valence electrons. The van der Waals surface area contributed by atoms with Crippen molar-refractivity contribution in [2.24, 2.45) is 5.92 Å². The summed E-state index contributed by atoms with van der Waals surface area (Å²) in [4.78, 5) is 41.6. The molecular formula is C20H25ClN4O4. The van der Waals surface area contributed by atoms with Crippen LogP contribution in [0.1, 0.15) is 24.8 Å². The monoisotopic (exact) mass is 420 g/mol. The van der Waals surface area contributed by atoms with Crippen LogP contribution >= 0.6 is 11.6 Å². The van der Waals surface area contributed by atoms with E-state index >= 15 is 0 Å². The van der Waals surface area contributed by atoms with Crippen LogP contribution in [-0.4, -0.2) is 76.2 Å². The number of fused-ring (bicyclic) bond motifs is 1. The summed E-state index contributed by atoms with van der Waals surface area (Å²) in [6, 6.07) is 6.81. The number of aryl methyl sites for hydroxylation is 1. The number of nitrogens with zero attached hydrogens (tertiary/aromatic N) is 3. The van der Waals surface area contributed by atoms with Gasteiger partial charge in [-0.25, -0.2) is 14.5 Å². The average Bonchev–Trinajstić information content (AvgIpc) is 2.98. The number of benzene rings is 1. The first-order valence-corrected chi connectivity index (χ1v) is 10.4. The fourth-order valence-corrected chi connectivity index (χ4v) is 4.71. The van der Waals surface area contributed by atoms with Gasteiger partial charge in [-0.1, -0.05) is 23.7 Å². The molecule has 3 heterocycles. The molecule has 9 heteroatoms. The molecule has 3 unspecified atom stereocenters. The van der Waals surface area contributed by atoms with Crippen molar-refractivity contribution in [1.29, 1.82) is 0 Å². The number of nitrogens with one attached hydrogen (secondary N) is 1. The number of rotatable bonds is 4. The van der Waals surface area contributed by atoms with E-state index in [1.54, 1.807) is 4.90 Å². The number of carbonyl (C=O) groups excluding carboxylic acids is 2. The molecule has 3 aliphatic rings. The SMILES string of the molecule is O=C(O)N1CCC(CCc2ccc(Cl)cc2)CC1N1C(=O)C2CNCCN2C1=O. The van der Waals surface area contributed by atoms with E-state index in [9.17, 15) is 19.5 Å². The van der Waals surface area contributed by atoms with Crippen molar-refractivity contribution >= 4 is 29.6 Å². The quantitative estimate of drug-likeness (QED) is 0.728. The highest BCUT2D eigenvalue weighted by atomic mass is 35.5. The number of carboxylic acid groups (broad SMARTS) is 1. The van der Waals surface area contributed by atoms with E-state index in [1.807, 2.05) is 24.3 Å². The molecule has 0 spiro atoms. The molecule has 0 aromatic heterocycles. The molecule has 1 aromatic rings. The third-order valence-electron chi connectivity index (χ3n) is 6.20. The van der Waals surface area contributed by atoms with Crippen LogP contribution in [0.15, 0.2) is 24.3 Å². The van der Waals surface area contributed by atoms with E-state index < -0.39 is 18.3 Å². The van der Waals surface area contributed by atoms with E-state index in [0.717, 1.165) is 19.3 Å². The van der Waals surface area contributed by atoms with Crippen molar-refractivity contribution < 1.29 is 19.5 Å². The minimum absolute atomic E-state index is 0.239. The maximum atomic E-state index is 12.9. The van der Waals surface area contributed by atoms with Gasteiger partial charge in [0.15, 0.2) is 0 Å². The van der Waals surface area contributed by atoms with Gasteiger partial charge in [0.1, 0.15) is 12.2 Å². The molecule has 0 bridgehead atoms. The zero-order valence-electron chi connectivity index (χ0n) is 16.1. The topological polar surface area (TPSA) is 93.2 Å². The van der Waals surface area contributed by atoms with Crippen molar-refractivity contribution in [3.63, 3.8) is 0 Å². The summed E-state index contributed by atoms with van der Waals surface area (Å²) in [6.07, 6.45) is 1.10. The number of likely N-dealkylation sites (tertiary alicyclic amines) is 1. The molecule has 4 rings (SSSR count). The lowest BCUT2D eigenvalue weighted by Gasteiger charge is -2.41. The molecule has 1 aromatic carbocycles. The summed E-state index contributed by atoms with van der Waals surface area (Å²) in [7, 11) is 0. The molecule has 0 radical (unpaired) electrons. The second kappa shape index (κ2) is 8.20. The summed E-state index contributed by atoms with van der Waals surface area (Å²) in [6.45, 7) is 1.85. The lowest BCUT2D eigenvalue weighted by molar-refractivity contribution is -0.133. The Labute approximate surface area is 174 Å². The van der Waals surface area contributed by atoms with Crippen molar-refractivity contribution in [2.75, 3.05) is 26.2 Å². The van der Waals surface area contributed by atoms with Crippen molar-refractivity contribution in [2.45, 2.75) is 37.9 Å². The molecule has 4 amide bonds. The number of amides is 4. The molecule has 8 nitrogen and oxygen atoms in total. The highest BCUT2D eigenvalue weighted by Crippen LogP contribution is 2.33. The van der Waals surface area contributed by atoms with Crippen molar-refractivity contribution in [3.05, 3.63) is 34.9 Å². The fourth-order valence-electron chi connectivity index (χ4n) is 4.59. The van der Waals surface area contributed by atoms with E-state index in [0.29, 0.717) is 37.6 Å². The maximum absolute atomic E-state index is 12.9. The molecular weight excluding hydrogens is 396 g/mol. The van der Waals surface area contributed by atoms with Crippen molar-refractivity contribution in [1.82, 2.24) is 20.0 Å². The zero-order chi connectivity index (χ0) is 20.5. The first-order valence-electron chi connectivity index (χ1n) is 10.0. The zero-order valence-corrected chi connectivity index (χ0v) is 16.8. The fraction of sp³-hybridized carbons (Fsp3) is 0.550. The van der Waals surface area contributed by atoms with Crippen LogP contribution in [0.2, 0.25) is 5.02 Å². The van der Waals surface area contributed by atoms with Gasteiger partial charge in [-0.15, -0.1) is 0 Å². The Morgan fingerprint density at radius 2 is 1.97 bits per heavy atom. The predicted octanol–water partition coefficient (Wildman–Crippen LogP) is 2.22. The summed E-state index contributed by atoms with van der Waals surface area (Å²) in [5.41, 5.74) is 1.17. The van der Waals surface area contributed by atoms with Crippen LogP contribution in [0, 0.1) is 5.92 Å².